The lowest BCUT2D eigenvalue weighted by atomic mass is 9.86. The molecule has 3 rings (SSSR count). The molecular formula is C17H21N3O3. The zero-order chi connectivity index (χ0) is 16.4. The van der Waals surface area contributed by atoms with Crippen LogP contribution in [0.3, 0.4) is 0 Å². The van der Waals surface area contributed by atoms with E-state index in [0.717, 1.165) is 19.3 Å². The van der Waals surface area contributed by atoms with E-state index in [1.54, 1.807) is 6.07 Å². The Morgan fingerprint density at radius 2 is 2.26 bits per heavy atom. The Morgan fingerprint density at radius 1 is 1.48 bits per heavy atom. The van der Waals surface area contributed by atoms with Crippen LogP contribution in [0.5, 0.6) is 0 Å². The molecule has 1 amide bonds. The molecule has 1 aromatic heterocycles. The minimum atomic E-state index is -0.296. The van der Waals surface area contributed by atoms with Gasteiger partial charge in [-0.15, -0.1) is 0 Å². The van der Waals surface area contributed by atoms with Crippen molar-refractivity contribution in [2.75, 3.05) is 6.61 Å². The van der Waals surface area contributed by atoms with Crippen LogP contribution >= 0.6 is 0 Å². The fourth-order valence-corrected chi connectivity index (χ4v) is 3.33. The monoisotopic (exact) mass is 315 g/mol. The molecule has 2 unspecified atom stereocenters. The highest BCUT2D eigenvalue weighted by molar-refractivity contribution is 5.80. The number of para-hydroxylation sites is 2. The summed E-state index contributed by atoms with van der Waals surface area (Å²) in [6, 6.07) is 7.20. The van der Waals surface area contributed by atoms with Crippen LogP contribution in [0.15, 0.2) is 35.3 Å². The van der Waals surface area contributed by atoms with Gasteiger partial charge in [-0.2, -0.15) is 0 Å². The number of hydrogen-bond acceptors (Lipinski definition) is 4. The summed E-state index contributed by atoms with van der Waals surface area (Å²) in [5.41, 5.74) is 0.753. The number of rotatable bonds is 4. The number of nitrogens with one attached hydrogen (secondary N) is 1. The second kappa shape index (κ2) is 6.12. The number of amides is 1. The minimum Gasteiger partial charge on any atom is -0.396 e. The number of benzene rings is 1. The Bertz CT molecular complexity index is 786. The van der Waals surface area contributed by atoms with E-state index in [4.69, 9.17) is 0 Å². The lowest BCUT2D eigenvalue weighted by Crippen LogP contribution is -2.46. The van der Waals surface area contributed by atoms with Crippen molar-refractivity contribution in [3.05, 3.63) is 40.8 Å². The summed E-state index contributed by atoms with van der Waals surface area (Å²) >= 11 is 0. The number of aliphatic hydroxyl groups is 1. The Labute approximate surface area is 134 Å². The molecule has 1 saturated carbocycles. The topological polar surface area (TPSA) is 84.2 Å². The zero-order valence-electron chi connectivity index (χ0n) is 13.2. The second-order valence-electron chi connectivity index (χ2n) is 6.50. The number of fused-ring (bicyclic) bond motifs is 1. The first-order valence-corrected chi connectivity index (χ1v) is 7.88. The van der Waals surface area contributed by atoms with Gasteiger partial charge in [0.05, 0.1) is 23.8 Å². The van der Waals surface area contributed by atoms with Gasteiger partial charge in [-0.25, -0.2) is 4.98 Å². The standard InChI is InChI=1S/C17H21N3O3/c1-17(11-21)8-4-7-14(17)19-15(22)10-20-13-6-3-2-5-12(13)18-9-16(20)23/h2-3,5-6,9,14,21H,4,7-8,10-11H2,1H3,(H,19,22). The molecule has 0 spiro atoms. The van der Waals surface area contributed by atoms with E-state index in [1.165, 1.54) is 10.8 Å². The number of aliphatic hydroxyl groups excluding tert-OH is 1. The molecule has 2 N–H and O–H groups in total. The Morgan fingerprint density at radius 3 is 3.04 bits per heavy atom. The summed E-state index contributed by atoms with van der Waals surface area (Å²) in [7, 11) is 0. The maximum absolute atomic E-state index is 12.4. The van der Waals surface area contributed by atoms with Crippen LogP contribution in [-0.4, -0.2) is 33.2 Å². The van der Waals surface area contributed by atoms with Crippen molar-refractivity contribution in [3.8, 4) is 0 Å². The number of aromatic nitrogens is 2. The molecular weight excluding hydrogens is 294 g/mol. The van der Waals surface area contributed by atoms with Gasteiger partial charge in [0.2, 0.25) is 5.91 Å². The predicted octanol–water partition coefficient (Wildman–Crippen LogP) is 1.06. The number of hydrogen-bond donors (Lipinski definition) is 2. The average Bonchev–Trinajstić information content (AvgIpc) is 2.92. The molecule has 6 heteroatoms. The average molecular weight is 315 g/mol. The van der Waals surface area contributed by atoms with Crippen molar-refractivity contribution >= 4 is 16.9 Å². The van der Waals surface area contributed by atoms with Crippen molar-refractivity contribution in [2.24, 2.45) is 5.41 Å². The number of carbonyl (C=O) groups is 1. The van der Waals surface area contributed by atoms with Crippen LogP contribution in [0.1, 0.15) is 26.2 Å². The maximum Gasteiger partial charge on any atom is 0.269 e. The fourth-order valence-electron chi connectivity index (χ4n) is 3.33. The summed E-state index contributed by atoms with van der Waals surface area (Å²) in [6.45, 7) is 1.99. The summed E-state index contributed by atoms with van der Waals surface area (Å²) in [5.74, 6) is -0.213. The van der Waals surface area contributed by atoms with Gasteiger partial charge in [0, 0.05) is 11.5 Å². The van der Waals surface area contributed by atoms with E-state index in [-0.39, 0.29) is 36.1 Å². The minimum absolute atomic E-state index is 0.0418. The van der Waals surface area contributed by atoms with Gasteiger partial charge in [0.15, 0.2) is 0 Å². The van der Waals surface area contributed by atoms with Gasteiger partial charge in [-0.05, 0) is 25.0 Å². The van der Waals surface area contributed by atoms with Crippen molar-refractivity contribution in [2.45, 2.75) is 38.8 Å². The zero-order valence-corrected chi connectivity index (χ0v) is 13.2. The Hall–Kier alpha value is -2.21. The first-order chi connectivity index (χ1) is 11.0. The smallest absolute Gasteiger partial charge is 0.269 e. The molecule has 0 radical (unpaired) electrons. The molecule has 0 saturated heterocycles. The molecule has 0 aliphatic heterocycles. The molecule has 1 aliphatic carbocycles. The van der Waals surface area contributed by atoms with E-state index in [1.807, 2.05) is 25.1 Å². The SMILES string of the molecule is CC1(CO)CCCC1NC(=O)Cn1c(=O)cnc2ccccc21. The largest absolute Gasteiger partial charge is 0.396 e. The third-order valence-corrected chi connectivity index (χ3v) is 4.83. The molecule has 1 aromatic carbocycles. The first-order valence-electron chi connectivity index (χ1n) is 7.88. The molecule has 1 aliphatic rings. The third-order valence-electron chi connectivity index (χ3n) is 4.83. The highest BCUT2D eigenvalue weighted by Gasteiger charge is 2.39. The van der Waals surface area contributed by atoms with Crippen LogP contribution in [0.25, 0.3) is 11.0 Å². The molecule has 23 heavy (non-hydrogen) atoms. The molecule has 1 fully saturated rings. The summed E-state index contributed by atoms with van der Waals surface area (Å²) in [4.78, 5) is 28.6. The Kier molecular flexibility index (Phi) is 4.17. The Balaban J connectivity index is 1.81. The van der Waals surface area contributed by atoms with E-state index in [0.29, 0.717) is 11.0 Å². The van der Waals surface area contributed by atoms with E-state index >= 15 is 0 Å². The summed E-state index contributed by atoms with van der Waals surface area (Å²) < 4.78 is 1.43. The summed E-state index contributed by atoms with van der Waals surface area (Å²) in [5, 5.41) is 12.6. The van der Waals surface area contributed by atoms with Crippen LogP contribution in [-0.2, 0) is 11.3 Å². The quantitative estimate of drug-likeness (QED) is 0.884. The van der Waals surface area contributed by atoms with Gasteiger partial charge in [0.25, 0.3) is 5.56 Å². The van der Waals surface area contributed by atoms with Gasteiger partial charge in [-0.1, -0.05) is 25.5 Å². The van der Waals surface area contributed by atoms with E-state index in [2.05, 4.69) is 10.3 Å². The predicted molar refractivity (Wildman–Crippen MR) is 87.0 cm³/mol. The molecule has 122 valence electrons. The number of carbonyl (C=O) groups excluding carboxylic acids is 1. The molecule has 6 nitrogen and oxygen atoms in total. The normalized spacial score (nSPS) is 24.0. The van der Waals surface area contributed by atoms with Gasteiger partial charge >= 0.3 is 0 Å². The van der Waals surface area contributed by atoms with Crippen molar-refractivity contribution in [1.29, 1.82) is 0 Å². The molecule has 2 aromatic rings. The first kappa shape index (κ1) is 15.7. The van der Waals surface area contributed by atoms with Gasteiger partial charge in [-0.3, -0.25) is 14.2 Å². The molecule has 1 heterocycles. The fraction of sp³-hybridized carbons (Fsp3) is 0.471. The van der Waals surface area contributed by atoms with E-state index < -0.39 is 0 Å². The lowest BCUT2D eigenvalue weighted by Gasteiger charge is -2.30. The van der Waals surface area contributed by atoms with Crippen LogP contribution in [0, 0.1) is 5.41 Å². The van der Waals surface area contributed by atoms with Crippen molar-refractivity contribution < 1.29 is 9.90 Å². The molecule has 0 bridgehead atoms. The maximum atomic E-state index is 12.4. The van der Waals surface area contributed by atoms with Crippen LogP contribution in [0.4, 0.5) is 0 Å². The molecule has 2 atom stereocenters. The highest BCUT2D eigenvalue weighted by Crippen LogP contribution is 2.37. The lowest BCUT2D eigenvalue weighted by molar-refractivity contribution is -0.123. The van der Waals surface area contributed by atoms with Gasteiger partial charge in [0.1, 0.15) is 6.54 Å². The second-order valence-corrected chi connectivity index (χ2v) is 6.50. The van der Waals surface area contributed by atoms with Crippen molar-refractivity contribution in [3.63, 3.8) is 0 Å². The highest BCUT2D eigenvalue weighted by atomic mass is 16.3. The third kappa shape index (κ3) is 2.99. The van der Waals surface area contributed by atoms with Crippen molar-refractivity contribution in [1.82, 2.24) is 14.9 Å². The van der Waals surface area contributed by atoms with Crippen LogP contribution in [0.2, 0.25) is 0 Å². The van der Waals surface area contributed by atoms with Crippen LogP contribution < -0.4 is 10.9 Å². The number of nitrogens with zero attached hydrogens (tertiary/aromatic N) is 2. The van der Waals surface area contributed by atoms with E-state index in [9.17, 15) is 14.7 Å². The van der Waals surface area contributed by atoms with Gasteiger partial charge < -0.3 is 10.4 Å². The summed E-state index contributed by atoms with van der Waals surface area (Å²) in [6.07, 6.45) is 3.98.